The molecule has 0 fully saturated rings. The third-order valence-corrected chi connectivity index (χ3v) is 5.27. The van der Waals surface area contributed by atoms with Crippen LogP contribution in [0.5, 0.6) is 0 Å². The van der Waals surface area contributed by atoms with E-state index >= 15 is 0 Å². The van der Waals surface area contributed by atoms with E-state index in [1.54, 1.807) is 24.7 Å². The van der Waals surface area contributed by atoms with Gasteiger partial charge in [-0.2, -0.15) is 0 Å². The van der Waals surface area contributed by atoms with Crippen molar-refractivity contribution in [2.45, 2.75) is 32.7 Å². The highest BCUT2D eigenvalue weighted by atomic mass is 32.1. The van der Waals surface area contributed by atoms with Crippen LogP contribution < -0.4 is 5.32 Å². The van der Waals surface area contributed by atoms with Gasteiger partial charge in [0.05, 0.1) is 5.69 Å². The van der Waals surface area contributed by atoms with Crippen molar-refractivity contribution in [2.24, 2.45) is 0 Å². The highest BCUT2D eigenvalue weighted by molar-refractivity contribution is 7.14. The van der Waals surface area contributed by atoms with E-state index in [1.807, 2.05) is 46.5 Å². The quantitative estimate of drug-likeness (QED) is 0.457. The molecule has 158 valence electrons. The predicted octanol–water partition coefficient (Wildman–Crippen LogP) is 5.10. The molecule has 0 aliphatic heterocycles. The first-order valence-electron chi connectivity index (χ1n) is 9.83. The van der Waals surface area contributed by atoms with Gasteiger partial charge in [0.25, 0.3) is 5.91 Å². The molecule has 0 saturated heterocycles. The molecule has 4 rings (SSSR count). The van der Waals surface area contributed by atoms with E-state index in [0.717, 1.165) is 17.0 Å². The fourth-order valence-corrected chi connectivity index (χ4v) is 3.58. The largest absolute Gasteiger partial charge is 0.448 e. The predicted molar refractivity (Wildman–Crippen MR) is 122 cm³/mol. The molecule has 1 N–H and O–H groups in total. The molecule has 0 saturated carbocycles. The Morgan fingerprint density at radius 1 is 1.16 bits per heavy atom. The molecule has 0 aliphatic rings. The maximum absolute atomic E-state index is 12.8. The van der Waals surface area contributed by atoms with Crippen molar-refractivity contribution in [1.82, 2.24) is 19.5 Å². The topological polar surface area (TPSA) is 85.8 Å². The zero-order valence-electron chi connectivity index (χ0n) is 17.6. The minimum Gasteiger partial charge on any atom is -0.448 e. The molecule has 7 nitrogen and oxygen atoms in total. The zero-order valence-corrected chi connectivity index (χ0v) is 18.4. The van der Waals surface area contributed by atoms with Gasteiger partial charge in [0.15, 0.2) is 11.0 Å². The Kier molecular flexibility index (Phi) is 5.81. The van der Waals surface area contributed by atoms with Gasteiger partial charge in [0, 0.05) is 35.9 Å². The standard InChI is InChI=1S/C23H23N5O2S/c1-23(2,3)21-25-17(14-30-21)6-7-18-15-31-22(26-18)27-20(29)19-5-4-12-28(19)13-16-8-10-24-11-9-16/h4-12,14-15H,13H2,1-3H3,(H,26,27,29)/b7-6+. The molecule has 0 spiro atoms. The van der Waals surface area contributed by atoms with Crippen LogP contribution in [0.1, 0.15) is 54.1 Å². The van der Waals surface area contributed by atoms with Gasteiger partial charge in [-0.25, -0.2) is 9.97 Å². The van der Waals surface area contributed by atoms with Gasteiger partial charge in [-0.15, -0.1) is 11.3 Å². The molecule has 4 aromatic heterocycles. The van der Waals surface area contributed by atoms with Crippen LogP contribution in [0.3, 0.4) is 0 Å². The Labute approximate surface area is 184 Å². The van der Waals surface area contributed by atoms with E-state index < -0.39 is 0 Å². The molecule has 4 aromatic rings. The van der Waals surface area contributed by atoms with Crippen LogP contribution >= 0.6 is 11.3 Å². The summed E-state index contributed by atoms with van der Waals surface area (Å²) in [6.07, 6.45) is 10.7. The smallest absolute Gasteiger partial charge is 0.274 e. The number of anilines is 1. The van der Waals surface area contributed by atoms with Crippen LogP contribution in [0.2, 0.25) is 0 Å². The van der Waals surface area contributed by atoms with E-state index in [0.29, 0.717) is 23.3 Å². The highest BCUT2D eigenvalue weighted by Gasteiger charge is 2.19. The molecule has 1 amide bonds. The maximum atomic E-state index is 12.8. The van der Waals surface area contributed by atoms with E-state index in [2.05, 4.69) is 41.0 Å². The lowest BCUT2D eigenvalue weighted by Gasteiger charge is -2.11. The Balaban J connectivity index is 1.41. The van der Waals surface area contributed by atoms with Crippen molar-refractivity contribution in [3.05, 3.63) is 83.0 Å². The average molecular weight is 434 g/mol. The second-order valence-electron chi connectivity index (χ2n) is 8.07. The summed E-state index contributed by atoms with van der Waals surface area (Å²) in [6, 6.07) is 7.51. The van der Waals surface area contributed by atoms with Crippen molar-refractivity contribution in [3.63, 3.8) is 0 Å². The van der Waals surface area contributed by atoms with E-state index in [4.69, 9.17) is 4.42 Å². The molecular weight excluding hydrogens is 410 g/mol. The van der Waals surface area contributed by atoms with Crippen molar-refractivity contribution < 1.29 is 9.21 Å². The number of oxazole rings is 1. The summed E-state index contributed by atoms with van der Waals surface area (Å²) in [5, 5.41) is 5.30. The van der Waals surface area contributed by atoms with Crippen LogP contribution in [0.25, 0.3) is 12.2 Å². The Morgan fingerprint density at radius 2 is 1.94 bits per heavy atom. The summed E-state index contributed by atoms with van der Waals surface area (Å²) >= 11 is 1.37. The Morgan fingerprint density at radius 3 is 2.68 bits per heavy atom. The zero-order chi connectivity index (χ0) is 21.8. The number of hydrogen-bond acceptors (Lipinski definition) is 6. The second kappa shape index (κ2) is 8.69. The second-order valence-corrected chi connectivity index (χ2v) is 8.93. The molecule has 0 unspecified atom stereocenters. The molecule has 4 heterocycles. The van der Waals surface area contributed by atoms with Gasteiger partial charge < -0.3 is 8.98 Å². The molecular formula is C23H23N5O2S. The fraction of sp³-hybridized carbons (Fsp3) is 0.217. The number of thiazole rings is 1. The van der Waals surface area contributed by atoms with Crippen LogP contribution in [-0.2, 0) is 12.0 Å². The molecule has 0 aliphatic carbocycles. The number of aromatic nitrogens is 4. The molecule has 31 heavy (non-hydrogen) atoms. The van der Waals surface area contributed by atoms with Gasteiger partial charge in [0.1, 0.15) is 17.7 Å². The first kappa shape index (κ1) is 20.7. The normalized spacial score (nSPS) is 11.8. The summed E-state index contributed by atoms with van der Waals surface area (Å²) in [4.78, 5) is 25.7. The number of amides is 1. The molecule has 0 aromatic carbocycles. The average Bonchev–Trinajstić information content (AvgIpc) is 3.47. The number of hydrogen-bond donors (Lipinski definition) is 1. The van der Waals surface area contributed by atoms with Gasteiger partial charge >= 0.3 is 0 Å². The first-order valence-corrected chi connectivity index (χ1v) is 10.7. The summed E-state index contributed by atoms with van der Waals surface area (Å²) in [5.74, 6) is 0.489. The molecule has 0 bridgehead atoms. The lowest BCUT2D eigenvalue weighted by molar-refractivity contribution is 0.101. The van der Waals surface area contributed by atoms with Crippen molar-refractivity contribution in [2.75, 3.05) is 5.32 Å². The molecule has 0 atom stereocenters. The number of pyridine rings is 1. The van der Waals surface area contributed by atoms with Gasteiger partial charge in [-0.1, -0.05) is 20.8 Å². The SMILES string of the molecule is CC(C)(C)c1nc(/C=C/c2csc(NC(=O)c3cccn3Cc3ccncc3)n2)co1. The summed E-state index contributed by atoms with van der Waals surface area (Å²) in [6.45, 7) is 6.75. The summed E-state index contributed by atoms with van der Waals surface area (Å²) < 4.78 is 7.43. The van der Waals surface area contributed by atoms with E-state index in [9.17, 15) is 4.79 Å². The van der Waals surface area contributed by atoms with Crippen molar-refractivity contribution in [1.29, 1.82) is 0 Å². The van der Waals surface area contributed by atoms with E-state index in [1.165, 1.54) is 11.3 Å². The Bertz CT molecular complexity index is 1200. The van der Waals surface area contributed by atoms with Crippen LogP contribution in [0.4, 0.5) is 5.13 Å². The van der Waals surface area contributed by atoms with Crippen LogP contribution in [-0.4, -0.2) is 25.4 Å². The molecule has 0 radical (unpaired) electrons. The lowest BCUT2D eigenvalue weighted by Crippen LogP contribution is -2.17. The minimum absolute atomic E-state index is 0.140. The lowest BCUT2D eigenvalue weighted by atomic mass is 9.97. The molecule has 8 heteroatoms. The Hall–Kier alpha value is -3.52. The third-order valence-electron chi connectivity index (χ3n) is 4.50. The van der Waals surface area contributed by atoms with Gasteiger partial charge in [0.2, 0.25) is 0 Å². The number of nitrogens with zero attached hydrogens (tertiary/aromatic N) is 4. The number of nitrogens with one attached hydrogen (secondary N) is 1. The maximum Gasteiger partial charge on any atom is 0.274 e. The minimum atomic E-state index is -0.199. The number of carbonyl (C=O) groups is 1. The van der Waals surface area contributed by atoms with Crippen LogP contribution in [0.15, 0.2) is 58.9 Å². The van der Waals surface area contributed by atoms with E-state index in [-0.39, 0.29) is 11.3 Å². The van der Waals surface area contributed by atoms with Crippen molar-refractivity contribution in [3.8, 4) is 0 Å². The monoisotopic (exact) mass is 433 g/mol. The number of rotatable bonds is 6. The fourth-order valence-electron chi connectivity index (χ4n) is 2.90. The highest BCUT2D eigenvalue weighted by Crippen LogP contribution is 2.22. The summed E-state index contributed by atoms with van der Waals surface area (Å²) in [7, 11) is 0. The van der Waals surface area contributed by atoms with Gasteiger partial charge in [-0.05, 0) is 42.0 Å². The number of carbonyl (C=O) groups excluding carboxylic acids is 1. The van der Waals surface area contributed by atoms with Crippen molar-refractivity contribution >= 4 is 34.5 Å². The summed E-state index contributed by atoms with van der Waals surface area (Å²) in [5.41, 5.74) is 2.98. The van der Waals surface area contributed by atoms with Gasteiger partial charge in [-0.3, -0.25) is 15.1 Å². The van der Waals surface area contributed by atoms with Crippen LogP contribution in [0, 0.1) is 0 Å². The third kappa shape index (κ3) is 5.16. The first-order chi connectivity index (χ1) is 14.9.